The Bertz CT molecular complexity index is 838. The van der Waals surface area contributed by atoms with Crippen molar-refractivity contribution in [3.05, 3.63) is 89.0 Å². The van der Waals surface area contributed by atoms with E-state index in [1.54, 1.807) is 0 Å². The van der Waals surface area contributed by atoms with Gasteiger partial charge in [-0.25, -0.2) is 0 Å². The molecule has 3 heteroatoms. The summed E-state index contributed by atoms with van der Waals surface area (Å²) < 4.78 is 12.7. The lowest BCUT2D eigenvalue weighted by Gasteiger charge is -2.20. The van der Waals surface area contributed by atoms with Crippen LogP contribution in [0.15, 0.2) is 66.7 Å². The molecule has 0 N–H and O–H groups in total. The fourth-order valence-electron chi connectivity index (χ4n) is 3.18. The molecule has 0 fully saturated rings. The van der Waals surface area contributed by atoms with E-state index in [0.717, 1.165) is 36.2 Å². The minimum atomic E-state index is -0.488. The third kappa shape index (κ3) is 5.42. The molecule has 0 unspecified atom stereocenters. The van der Waals surface area contributed by atoms with E-state index in [0.29, 0.717) is 0 Å². The second kappa shape index (κ2) is 9.50. The van der Waals surface area contributed by atoms with Crippen LogP contribution in [0, 0.1) is 20.8 Å². The van der Waals surface area contributed by atoms with E-state index in [9.17, 15) is 0 Å². The maximum atomic E-state index is 6.33. The molecule has 3 rings (SSSR count). The minimum Gasteiger partial charge on any atom is -0.522 e. The monoisotopic (exact) mass is 372 g/mol. The Morgan fingerprint density at radius 2 is 1.18 bits per heavy atom. The summed E-state index contributed by atoms with van der Waals surface area (Å²) in [6, 6.07) is 22.8. The highest BCUT2D eigenvalue weighted by molar-refractivity contribution is 6.63. The van der Waals surface area contributed by atoms with Crippen molar-refractivity contribution in [3.8, 4) is 11.5 Å². The van der Waals surface area contributed by atoms with Gasteiger partial charge in [-0.2, -0.15) is 0 Å². The van der Waals surface area contributed by atoms with Crippen LogP contribution in [0.2, 0.25) is 0 Å². The molecule has 2 nitrogen and oxygen atoms in total. The lowest BCUT2D eigenvalue weighted by atomic mass is 9.74. The van der Waals surface area contributed by atoms with Gasteiger partial charge in [-0.1, -0.05) is 72.5 Å². The largest absolute Gasteiger partial charge is 0.632 e. The van der Waals surface area contributed by atoms with E-state index in [1.165, 1.54) is 22.3 Å². The number of benzene rings is 3. The summed E-state index contributed by atoms with van der Waals surface area (Å²) in [5.74, 6) is 1.62. The molecular formula is C25H29BO2. The smallest absolute Gasteiger partial charge is 0.522 e. The summed E-state index contributed by atoms with van der Waals surface area (Å²) in [6.45, 7) is 8.51. The van der Waals surface area contributed by atoms with Crippen LogP contribution in [0.3, 0.4) is 0 Å². The Hall–Kier alpha value is -2.68. The van der Waals surface area contributed by atoms with Crippen LogP contribution in [0.5, 0.6) is 11.5 Å². The normalized spacial score (nSPS) is 10.6. The van der Waals surface area contributed by atoms with Crippen LogP contribution in [0.25, 0.3) is 0 Å². The summed E-state index contributed by atoms with van der Waals surface area (Å²) in [5, 5.41) is 0. The summed E-state index contributed by atoms with van der Waals surface area (Å²) >= 11 is 0. The van der Waals surface area contributed by atoms with Gasteiger partial charge in [0.2, 0.25) is 0 Å². The van der Waals surface area contributed by atoms with Gasteiger partial charge in [0.15, 0.2) is 0 Å². The Kier molecular flexibility index (Phi) is 6.81. The summed E-state index contributed by atoms with van der Waals surface area (Å²) in [4.78, 5) is 0. The van der Waals surface area contributed by atoms with Crippen molar-refractivity contribution in [2.75, 3.05) is 0 Å². The van der Waals surface area contributed by atoms with Gasteiger partial charge in [0.1, 0.15) is 11.5 Å². The quantitative estimate of drug-likeness (QED) is 0.465. The second-order valence-electron chi connectivity index (χ2n) is 7.50. The molecule has 0 saturated carbocycles. The van der Waals surface area contributed by atoms with Crippen molar-refractivity contribution in [1.29, 1.82) is 0 Å². The predicted octanol–water partition coefficient (Wildman–Crippen LogP) is 5.81. The molecule has 0 spiro atoms. The van der Waals surface area contributed by atoms with Crippen LogP contribution in [0.4, 0.5) is 0 Å². The highest BCUT2D eigenvalue weighted by atomic mass is 16.6. The Balaban J connectivity index is 1.94. The minimum absolute atomic E-state index is 0.488. The molecule has 0 aliphatic heterocycles. The summed E-state index contributed by atoms with van der Waals surface area (Å²) in [6.07, 6.45) is 3.34. The molecule has 144 valence electrons. The van der Waals surface area contributed by atoms with Gasteiger partial charge < -0.3 is 9.31 Å². The number of aryl methyl sites for hydroxylation is 4. The standard InChI is InChI=1S/C25H29BO2/c1-5-6-7-22-18-21(4)12-17-25(22)26(27-23-13-8-19(2)9-14-23)28-24-15-10-20(3)11-16-24/h8-18H,5-7H2,1-4H3. The van der Waals surface area contributed by atoms with Crippen molar-refractivity contribution in [1.82, 2.24) is 0 Å². The molecule has 0 saturated heterocycles. The lowest BCUT2D eigenvalue weighted by molar-refractivity contribution is 0.438. The fraction of sp³-hybridized carbons (Fsp3) is 0.280. The Labute approximate surface area is 169 Å². The van der Waals surface area contributed by atoms with Gasteiger partial charge in [0, 0.05) is 5.46 Å². The third-order valence-corrected chi connectivity index (χ3v) is 4.88. The zero-order valence-corrected chi connectivity index (χ0v) is 17.4. The Morgan fingerprint density at radius 1 is 0.679 bits per heavy atom. The van der Waals surface area contributed by atoms with Gasteiger partial charge in [-0.05, 0) is 63.4 Å². The molecule has 0 bridgehead atoms. The molecular weight excluding hydrogens is 343 g/mol. The van der Waals surface area contributed by atoms with Crippen molar-refractivity contribution >= 4 is 12.6 Å². The first-order valence-electron chi connectivity index (χ1n) is 10.1. The lowest BCUT2D eigenvalue weighted by Crippen LogP contribution is -2.44. The molecule has 0 amide bonds. The third-order valence-electron chi connectivity index (χ3n) is 4.88. The van der Waals surface area contributed by atoms with Crippen molar-refractivity contribution in [2.24, 2.45) is 0 Å². The molecule has 0 aliphatic carbocycles. The number of hydrogen-bond donors (Lipinski definition) is 0. The molecule has 3 aromatic rings. The first-order chi connectivity index (χ1) is 13.5. The highest BCUT2D eigenvalue weighted by Crippen LogP contribution is 2.18. The van der Waals surface area contributed by atoms with Crippen LogP contribution in [-0.4, -0.2) is 7.12 Å². The summed E-state index contributed by atoms with van der Waals surface area (Å²) in [5.41, 5.74) is 6.08. The number of unbranched alkanes of at least 4 members (excludes halogenated alkanes) is 1. The first-order valence-corrected chi connectivity index (χ1v) is 10.1. The molecule has 0 aliphatic rings. The fourth-order valence-corrected chi connectivity index (χ4v) is 3.18. The van der Waals surface area contributed by atoms with E-state index in [-0.39, 0.29) is 0 Å². The summed E-state index contributed by atoms with van der Waals surface area (Å²) in [7, 11) is -0.488. The SMILES string of the molecule is CCCCc1cc(C)ccc1B(Oc1ccc(C)cc1)Oc1ccc(C)cc1. The first kappa shape index (κ1) is 20.1. The molecule has 28 heavy (non-hydrogen) atoms. The van der Waals surface area contributed by atoms with Gasteiger partial charge in [-0.15, -0.1) is 0 Å². The van der Waals surface area contributed by atoms with Crippen LogP contribution in [0.1, 0.15) is 42.0 Å². The molecule has 0 atom stereocenters. The maximum absolute atomic E-state index is 6.33. The predicted molar refractivity (Wildman–Crippen MR) is 119 cm³/mol. The molecule has 0 radical (unpaired) electrons. The van der Waals surface area contributed by atoms with E-state index < -0.39 is 7.12 Å². The highest BCUT2D eigenvalue weighted by Gasteiger charge is 2.29. The van der Waals surface area contributed by atoms with E-state index in [1.807, 2.05) is 24.3 Å². The van der Waals surface area contributed by atoms with Crippen LogP contribution >= 0.6 is 0 Å². The zero-order valence-electron chi connectivity index (χ0n) is 17.4. The van der Waals surface area contributed by atoms with Crippen molar-refractivity contribution in [3.63, 3.8) is 0 Å². The van der Waals surface area contributed by atoms with Crippen LogP contribution < -0.4 is 14.8 Å². The van der Waals surface area contributed by atoms with E-state index in [2.05, 4.69) is 70.2 Å². The molecule has 0 aromatic heterocycles. The average Bonchev–Trinajstić information content (AvgIpc) is 2.69. The van der Waals surface area contributed by atoms with E-state index >= 15 is 0 Å². The zero-order chi connectivity index (χ0) is 19.9. The molecule has 0 heterocycles. The van der Waals surface area contributed by atoms with Gasteiger partial charge in [0.05, 0.1) is 0 Å². The number of rotatable bonds is 8. The van der Waals surface area contributed by atoms with Crippen molar-refractivity contribution in [2.45, 2.75) is 47.0 Å². The van der Waals surface area contributed by atoms with Crippen LogP contribution in [-0.2, 0) is 6.42 Å². The Morgan fingerprint density at radius 3 is 1.68 bits per heavy atom. The topological polar surface area (TPSA) is 18.5 Å². The van der Waals surface area contributed by atoms with Gasteiger partial charge >= 0.3 is 7.12 Å². The average molecular weight is 372 g/mol. The van der Waals surface area contributed by atoms with Gasteiger partial charge in [0.25, 0.3) is 0 Å². The molecule has 3 aromatic carbocycles. The van der Waals surface area contributed by atoms with Crippen molar-refractivity contribution < 1.29 is 9.31 Å². The second-order valence-corrected chi connectivity index (χ2v) is 7.50. The van der Waals surface area contributed by atoms with Gasteiger partial charge in [-0.3, -0.25) is 0 Å². The maximum Gasteiger partial charge on any atom is 0.632 e. The van der Waals surface area contributed by atoms with E-state index in [4.69, 9.17) is 9.31 Å². The number of hydrogen-bond acceptors (Lipinski definition) is 2.